The van der Waals surface area contributed by atoms with E-state index in [1.54, 1.807) is 36.0 Å². The number of benzene rings is 1. The zero-order valence-corrected chi connectivity index (χ0v) is 19.0. The summed E-state index contributed by atoms with van der Waals surface area (Å²) in [5.41, 5.74) is 0.986. The highest BCUT2D eigenvalue weighted by atomic mass is 32.2. The van der Waals surface area contributed by atoms with Gasteiger partial charge in [0.25, 0.3) is 5.91 Å². The second kappa shape index (κ2) is 9.29. The lowest BCUT2D eigenvalue weighted by molar-refractivity contribution is -0.113. The number of thioether (sulfide) groups is 1. The number of anilines is 1. The standard InChI is InChI=1S/C22H31N3O4S/c1-15(2)30-13-19(26)23-17-7-5-16(6-8-17)20(27)24-11-9-18(10-12-24)25-21(28)29-14-22(25,3)4/h5-8,15,18H,9-14H2,1-4H3,(H,23,26). The maximum absolute atomic E-state index is 12.9. The second-order valence-electron chi connectivity index (χ2n) is 8.75. The molecule has 0 atom stereocenters. The van der Waals surface area contributed by atoms with Gasteiger partial charge in [-0.25, -0.2) is 4.79 Å². The quantitative estimate of drug-likeness (QED) is 0.742. The molecule has 1 aromatic carbocycles. The van der Waals surface area contributed by atoms with E-state index >= 15 is 0 Å². The number of cyclic esters (lactones) is 1. The van der Waals surface area contributed by atoms with Crippen molar-refractivity contribution >= 4 is 35.4 Å². The van der Waals surface area contributed by atoms with Crippen LogP contribution in [0.25, 0.3) is 0 Å². The van der Waals surface area contributed by atoms with Crippen LogP contribution < -0.4 is 5.32 Å². The molecule has 1 N–H and O–H groups in total. The Morgan fingerprint density at radius 3 is 2.37 bits per heavy atom. The Bertz CT molecular complexity index is 786. The Hall–Kier alpha value is -2.22. The van der Waals surface area contributed by atoms with Crippen molar-refractivity contribution in [1.29, 1.82) is 0 Å². The monoisotopic (exact) mass is 433 g/mol. The van der Waals surface area contributed by atoms with Crippen LogP contribution in [0.4, 0.5) is 10.5 Å². The highest BCUT2D eigenvalue weighted by Gasteiger charge is 2.44. The molecule has 0 spiro atoms. The Balaban J connectivity index is 1.53. The Labute approximate surface area is 182 Å². The number of ether oxygens (including phenoxy) is 1. The highest BCUT2D eigenvalue weighted by Crippen LogP contribution is 2.30. The summed E-state index contributed by atoms with van der Waals surface area (Å²) in [7, 11) is 0. The van der Waals surface area contributed by atoms with Crippen LogP contribution in [0.3, 0.4) is 0 Å². The molecule has 2 aliphatic rings. The zero-order chi connectivity index (χ0) is 21.9. The average Bonchev–Trinajstić information content (AvgIpc) is 2.99. The molecule has 2 fully saturated rings. The molecule has 2 saturated heterocycles. The summed E-state index contributed by atoms with van der Waals surface area (Å²) in [5, 5.41) is 3.26. The van der Waals surface area contributed by atoms with Crippen LogP contribution in [-0.4, -0.2) is 70.0 Å². The van der Waals surface area contributed by atoms with E-state index < -0.39 is 0 Å². The van der Waals surface area contributed by atoms with Crippen molar-refractivity contribution in [2.75, 3.05) is 30.8 Å². The van der Waals surface area contributed by atoms with E-state index in [-0.39, 0.29) is 29.5 Å². The molecule has 8 heteroatoms. The summed E-state index contributed by atoms with van der Waals surface area (Å²) < 4.78 is 5.22. The number of likely N-dealkylation sites (tertiary alicyclic amines) is 1. The molecule has 0 bridgehead atoms. The molecule has 0 aliphatic carbocycles. The van der Waals surface area contributed by atoms with E-state index in [4.69, 9.17) is 4.74 Å². The SMILES string of the molecule is CC(C)SCC(=O)Nc1ccc(C(=O)N2CCC(N3C(=O)OCC3(C)C)CC2)cc1. The van der Waals surface area contributed by atoms with E-state index in [1.807, 2.05) is 23.6 Å². The van der Waals surface area contributed by atoms with Gasteiger partial charge in [-0.3, -0.25) is 14.5 Å². The number of hydrogen-bond donors (Lipinski definition) is 1. The summed E-state index contributed by atoms with van der Waals surface area (Å²) in [4.78, 5) is 40.6. The molecule has 2 heterocycles. The minimum absolute atomic E-state index is 0.0232. The molecule has 0 saturated carbocycles. The van der Waals surface area contributed by atoms with Gasteiger partial charge >= 0.3 is 6.09 Å². The lowest BCUT2D eigenvalue weighted by Crippen LogP contribution is -2.53. The third-order valence-corrected chi connectivity index (χ3v) is 6.57. The number of carbonyl (C=O) groups is 3. The van der Waals surface area contributed by atoms with Crippen molar-refractivity contribution in [3.05, 3.63) is 29.8 Å². The number of hydrogen-bond acceptors (Lipinski definition) is 5. The minimum Gasteiger partial charge on any atom is -0.447 e. The molecule has 2 aliphatic heterocycles. The van der Waals surface area contributed by atoms with E-state index in [9.17, 15) is 14.4 Å². The lowest BCUT2D eigenvalue weighted by Gasteiger charge is -2.40. The molecule has 0 radical (unpaired) electrons. The summed E-state index contributed by atoms with van der Waals surface area (Å²) in [5.74, 6) is 0.345. The maximum atomic E-state index is 12.9. The average molecular weight is 434 g/mol. The van der Waals surface area contributed by atoms with E-state index in [1.165, 1.54) is 0 Å². The molecule has 3 rings (SSSR count). The minimum atomic E-state index is -0.304. The molecule has 30 heavy (non-hydrogen) atoms. The van der Waals surface area contributed by atoms with E-state index in [0.29, 0.717) is 42.0 Å². The van der Waals surface area contributed by atoms with Crippen molar-refractivity contribution in [3.63, 3.8) is 0 Å². The van der Waals surface area contributed by atoms with Crippen LogP contribution in [0.15, 0.2) is 24.3 Å². The Morgan fingerprint density at radius 2 is 1.83 bits per heavy atom. The molecule has 0 unspecified atom stereocenters. The van der Waals surface area contributed by atoms with Crippen LogP contribution in [0, 0.1) is 0 Å². The normalized spacial score (nSPS) is 19.2. The van der Waals surface area contributed by atoms with Gasteiger partial charge in [-0.15, -0.1) is 11.8 Å². The molecule has 164 valence electrons. The smallest absolute Gasteiger partial charge is 0.410 e. The largest absolute Gasteiger partial charge is 0.447 e. The van der Waals surface area contributed by atoms with Gasteiger partial charge in [0, 0.05) is 30.4 Å². The number of rotatable bonds is 6. The number of piperidine rings is 1. The van der Waals surface area contributed by atoms with Crippen molar-refractivity contribution in [2.45, 2.75) is 57.4 Å². The molecular weight excluding hydrogens is 402 g/mol. The predicted molar refractivity (Wildman–Crippen MR) is 119 cm³/mol. The van der Waals surface area contributed by atoms with Gasteiger partial charge in [-0.1, -0.05) is 13.8 Å². The van der Waals surface area contributed by atoms with Crippen molar-refractivity contribution in [3.8, 4) is 0 Å². The van der Waals surface area contributed by atoms with Gasteiger partial charge in [-0.05, 0) is 56.2 Å². The van der Waals surface area contributed by atoms with Crippen LogP contribution in [0.5, 0.6) is 0 Å². The fourth-order valence-electron chi connectivity index (χ4n) is 3.91. The predicted octanol–water partition coefficient (Wildman–Crippen LogP) is 3.60. The summed E-state index contributed by atoms with van der Waals surface area (Å²) in [6, 6.07) is 7.13. The highest BCUT2D eigenvalue weighted by molar-refractivity contribution is 8.00. The van der Waals surface area contributed by atoms with E-state index in [2.05, 4.69) is 19.2 Å². The third-order valence-electron chi connectivity index (χ3n) is 5.48. The summed E-state index contributed by atoms with van der Waals surface area (Å²) >= 11 is 1.59. The van der Waals surface area contributed by atoms with E-state index in [0.717, 1.165) is 12.8 Å². The Morgan fingerprint density at radius 1 is 1.20 bits per heavy atom. The fourth-order valence-corrected chi connectivity index (χ4v) is 4.47. The molecule has 0 aromatic heterocycles. The molecule has 1 aromatic rings. The van der Waals surface area contributed by atoms with Gasteiger partial charge in [0.15, 0.2) is 0 Å². The van der Waals surface area contributed by atoms with Crippen molar-refractivity contribution in [1.82, 2.24) is 9.80 Å². The first-order valence-corrected chi connectivity index (χ1v) is 11.5. The lowest BCUT2D eigenvalue weighted by atomic mass is 9.96. The van der Waals surface area contributed by atoms with Crippen molar-refractivity contribution < 1.29 is 19.1 Å². The fraction of sp³-hybridized carbons (Fsp3) is 0.591. The van der Waals surface area contributed by atoms with Crippen LogP contribution in [0.2, 0.25) is 0 Å². The summed E-state index contributed by atoms with van der Waals surface area (Å²) in [6.45, 7) is 9.75. The van der Waals surface area contributed by atoms with Gasteiger partial charge in [0.05, 0.1) is 11.3 Å². The summed E-state index contributed by atoms with van der Waals surface area (Å²) in [6.07, 6.45) is 1.23. The first-order chi connectivity index (χ1) is 14.2. The number of carbonyl (C=O) groups excluding carboxylic acids is 3. The molecule has 3 amide bonds. The zero-order valence-electron chi connectivity index (χ0n) is 18.1. The maximum Gasteiger partial charge on any atom is 0.410 e. The number of nitrogens with zero attached hydrogens (tertiary/aromatic N) is 2. The van der Waals surface area contributed by atoms with Crippen molar-refractivity contribution in [2.24, 2.45) is 0 Å². The second-order valence-corrected chi connectivity index (χ2v) is 10.3. The number of nitrogens with one attached hydrogen (secondary N) is 1. The van der Waals surface area contributed by atoms with Crippen LogP contribution >= 0.6 is 11.8 Å². The third kappa shape index (κ3) is 5.28. The van der Waals surface area contributed by atoms with Gasteiger partial charge in [0.1, 0.15) is 6.61 Å². The van der Waals surface area contributed by atoms with Gasteiger partial charge in [0.2, 0.25) is 5.91 Å². The Kier molecular flexibility index (Phi) is 6.95. The van der Waals surface area contributed by atoms with Gasteiger partial charge in [-0.2, -0.15) is 0 Å². The van der Waals surface area contributed by atoms with Crippen LogP contribution in [0.1, 0.15) is 50.9 Å². The molecular formula is C22H31N3O4S. The number of amides is 3. The first-order valence-electron chi connectivity index (χ1n) is 10.4. The topological polar surface area (TPSA) is 79.0 Å². The van der Waals surface area contributed by atoms with Gasteiger partial charge < -0.3 is 15.0 Å². The first kappa shape index (κ1) is 22.5. The molecule has 7 nitrogen and oxygen atoms in total. The van der Waals surface area contributed by atoms with Crippen LogP contribution in [-0.2, 0) is 9.53 Å².